The summed E-state index contributed by atoms with van der Waals surface area (Å²) in [6, 6.07) is 3.74. The maximum Gasteiger partial charge on any atom is 0.251 e. The minimum absolute atomic E-state index is 0.409. The van der Waals surface area contributed by atoms with Crippen LogP contribution in [-0.4, -0.2) is 15.5 Å². The highest BCUT2D eigenvalue weighted by Crippen LogP contribution is 2.40. The monoisotopic (exact) mass is 353 g/mol. The molecule has 0 aromatic carbocycles. The van der Waals surface area contributed by atoms with Gasteiger partial charge >= 0.3 is 0 Å². The van der Waals surface area contributed by atoms with E-state index in [0.29, 0.717) is 10.7 Å². The van der Waals surface area contributed by atoms with Gasteiger partial charge in [-0.05, 0) is 47.3 Å². The molecule has 0 radical (unpaired) electrons. The van der Waals surface area contributed by atoms with Crippen molar-refractivity contribution in [2.45, 2.75) is 25.8 Å². The Labute approximate surface area is 130 Å². The van der Waals surface area contributed by atoms with Crippen LogP contribution in [0.25, 0.3) is 11.3 Å². The number of halogens is 2. The largest absolute Gasteiger partial charge is 0.366 e. The first-order valence-electron chi connectivity index (χ1n) is 6.42. The lowest BCUT2D eigenvalue weighted by Gasteiger charge is -2.18. The number of nitrogens with two attached hydrogens (primary N) is 1. The molecule has 0 atom stereocenters. The lowest BCUT2D eigenvalue weighted by atomic mass is 10.1. The number of aromatic nitrogens is 2. The van der Waals surface area contributed by atoms with Crippen molar-refractivity contribution in [1.29, 1.82) is 0 Å². The van der Waals surface area contributed by atoms with Crippen LogP contribution in [0.3, 0.4) is 0 Å². The van der Waals surface area contributed by atoms with Crippen LogP contribution in [0.15, 0.2) is 22.8 Å². The summed E-state index contributed by atoms with van der Waals surface area (Å²) in [5, 5.41) is 0.426. The standard InChI is InChI=1S/C14H13BrClN3O/c15-11-10(14(17)20)9-5-1-2-7-19(9)12(11)8-4-3-6-18-13(8)16/h3-4,6H,1-2,5,7H2,(H2,17,20). The summed E-state index contributed by atoms with van der Waals surface area (Å²) < 4.78 is 2.85. The van der Waals surface area contributed by atoms with Gasteiger partial charge in [-0.2, -0.15) is 0 Å². The number of hydrogen-bond acceptors (Lipinski definition) is 2. The normalized spacial score (nSPS) is 14.1. The maximum absolute atomic E-state index is 11.8. The molecule has 4 nitrogen and oxygen atoms in total. The summed E-state index contributed by atoms with van der Waals surface area (Å²) in [4.78, 5) is 15.9. The van der Waals surface area contributed by atoms with Crippen LogP contribution in [0.2, 0.25) is 5.15 Å². The Hall–Kier alpha value is -1.33. The molecule has 104 valence electrons. The maximum atomic E-state index is 11.8. The quantitative estimate of drug-likeness (QED) is 0.840. The predicted octanol–water partition coefficient (Wildman–Crippen LogP) is 3.40. The van der Waals surface area contributed by atoms with Gasteiger partial charge in [0.1, 0.15) is 5.15 Å². The van der Waals surface area contributed by atoms with Gasteiger partial charge in [-0.25, -0.2) is 4.98 Å². The fraction of sp³-hybridized carbons (Fsp3) is 0.286. The molecule has 0 unspecified atom stereocenters. The van der Waals surface area contributed by atoms with Crippen molar-refractivity contribution in [3.05, 3.63) is 39.2 Å². The minimum atomic E-state index is -0.409. The Balaban J connectivity index is 2.31. The van der Waals surface area contributed by atoms with Crippen molar-refractivity contribution in [2.24, 2.45) is 5.73 Å². The van der Waals surface area contributed by atoms with E-state index in [9.17, 15) is 4.79 Å². The smallest absolute Gasteiger partial charge is 0.251 e. The summed E-state index contributed by atoms with van der Waals surface area (Å²) in [7, 11) is 0. The van der Waals surface area contributed by atoms with Crippen LogP contribution in [0.4, 0.5) is 0 Å². The van der Waals surface area contributed by atoms with Crippen molar-refractivity contribution < 1.29 is 4.79 Å². The van der Waals surface area contributed by atoms with Crippen LogP contribution >= 0.6 is 27.5 Å². The first kappa shape index (κ1) is 13.6. The van der Waals surface area contributed by atoms with Gasteiger partial charge in [-0.3, -0.25) is 4.79 Å². The molecule has 1 amide bonds. The first-order valence-corrected chi connectivity index (χ1v) is 7.60. The first-order chi connectivity index (χ1) is 9.61. The summed E-state index contributed by atoms with van der Waals surface area (Å²) in [5.74, 6) is -0.409. The second-order valence-electron chi connectivity index (χ2n) is 4.80. The average molecular weight is 355 g/mol. The fourth-order valence-electron chi connectivity index (χ4n) is 2.78. The fourth-order valence-corrected chi connectivity index (χ4v) is 3.84. The SMILES string of the molecule is NC(=O)c1c(Br)c(-c2cccnc2Cl)n2c1CCCC2. The zero-order chi connectivity index (χ0) is 14.3. The van der Waals surface area contributed by atoms with E-state index < -0.39 is 5.91 Å². The van der Waals surface area contributed by atoms with E-state index >= 15 is 0 Å². The molecule has 3 heterocycles. The zero-order valence-electron chi connectivity index (χ0n) is 10.7. The van der Waals surface area contributed by atoms with Gasteiger partial charge in [-0.15, -0.1) is 0 Å². The van der Waals surface area contributed by atoms with Crippen LogP contribution in [0.1, 0.15) is 28.9 Å². The van der Waals surface area contributed by atoms with Crippen LogP contribution in [-0.2, 0) is 13.0 Å². The number of primary amides is 1. The summed E-state index contributed by atoms with van der Waals surface area (Å²) >= 11 is 9.73. The van der Waals surface area contributed by atoms with Crippen molar-refractivity contribution in [3.63, 3.8) is 0 Å². The van der Waals surface area contributed by atoms with E-state index in [1.54, 1.807) is 6.20 Å². The molecule has 3 rings (SSSR count). The molecule has 0 fully saturated rings. The zero-order valence-corrected chi connectivity index (χ0v) is 13.0. The Kier molecular flexibility index (Phi) is 3.56. The number of nitrogens with zero attached hydrogens (tertiary/aromatic N) is 2. The molecule has 20 heavy (non-hydrogen) atoms. The summed E-state index contributed by atoms with van der Waals surface area (Å²) in [5.41, 5.74) is 8.81. The molecule has 2 aromatic heterocycles. The van der Waals surface area contributed by atoms with Gasteiger partial charge in [0.05, 0.1) is 15.7 Å². The highest BCUT2D eigenvalue weighted by atomic mass is 79.9. The summed E-state index contributed by atoms with van der Waals surface area (Å²) in [6.07, 6.45) is 4.65. The molecule has 0 aliphatic carbocycles. The number of rotatable bonds is 2. The third-order valence-corrected chi connectivity index (χ3v) is 4.69. The molecule has 0 spiro atoms. The van der Waals surface area contributed by atoms with E-state index in [0.717, 1.165) is 47.2 Å². The van der Waals surface area contributed by atoms with Crippen LogP contribution in [0, 0.1) is 0 Å². The third-order valence-electron chi connectivity index (χ3n) is 3.62. The molecule has 0 saturated carbocycles. The minimum Gasteiger partial charge on any atom is -0.366 e. The number of amides is 1. The van der Waals surface area contributed by atoms with Gasteiger partial charge in [0.2, 0.25) is 0 Å². The van der Waals surface area contributed by atoms with Gasteiger partial charge in [0, 0.05) is 24.0 Å². The molecule has 2 aromatic rings. The lowest BCUT2D eigenvalue weighted by Crippen LogP contribution is -2.17. The van der Waals surface area contributed by atoms with Crippen LogP contribution in [0.5, 0.6) is 0 Å². The molecule has 0 bridgehead atoms. The Morgan fingerprint density at radius 3 is 2.95 bits per heavy atom. The van der Waals surface area contributed by atoms with Crippen molar-refractivity contribution in [2.75, 3.05) is 0 Å². The average Bonchev–Trinajstić information content (AvgIpc) is 2.71. The molecular formula is C14H13BrClN3O. The number of carbonyl (C=O) groups excluding carboxylic acids is 1. The third kappa shape index (κ3) is 2.05. The summed E-state index contributed by atoms with van der Waals surface area (Å²) in [6.45, 7) is 0.863. The second-order valence-corrected chi connectivity index (χ2v) is 5.95. The molecular weight excluding hydrogens is 342 g/mol. The highest BCUT2D eigenvalue weighted by molar-refractivity contribution is 9.10. The molecule has 6 heteroatoms. The predicted molar refractivity (Wildman–Crippen MR) is 81.8 cm³/mol. The van der Waals surface area contributed by atoms with Gasteiger partial charge in [0.25, 0.3) is 5.91 Å². The van der Waals surface area contributed by atoms with Crippen molar-refractivity contribution in [3.8, 4) is 11.3 Å². The molecule has 2 N–H and O–H groups in total. The number of pyridine rings is 1. The number of hydrogen-bond donors (Lipinski definition) is 1. The Morgan fingerprint density at radius 2 is 2.25 bits per heavy atom. The van der Waals surface area contributed by atoms with Gasteiger partial charge < -0.3 is 10.3 Å². The number of carbonyl (C=O) groups is 1. The molecule has 1 aliphatic heterocycles. The Bertz CT molecular complexity index is 696. The second kappa shape index (κ2) is 5.22. The van der Waals surface area contributed by atoms with Crippen molar-refractivity contribution >= 4 is 33.4 Å². The molecule has 1 aliphatic rings. The topological polar surface area (TPSA) is 60.9 Å². The van der Waals surface area contributed by atoms with E-state index in [1.807, 2.05) is 12.1 Å². The van der Waals surface area contributed by atoms with E-state index in [1.165, 1.54) is 0 Å². The molecule has 0 saturated heterocycles. The van der Waals surface area contributed by atoms with Gasteiger partial charge in [0.15, 0.2) is 0 Å². The van der Waals surface area contributed by atoms with Crippen LogP contribution < -0.4 is 5.73 Å². The van der Waals surface area contributed by atoms with Crippen molar-refractivity contribution in [1.82, 2.24) is 9.55 Å². The van der Waals surface area contributed by atoms with E-state index in [4.69, 9.17) is 17.3 Å². The van der Waals surface area contributed by atoms with Gasteiger partial charge in [-0.1, -0.05) is 11.6 Å². The van der Waals surface area contributed by atoms with E-state index in [-0.39, 0.29) is 0 Å². The van der Waals surface area contributed by atoms with E-state index in [2.05, 4.69) is 25.5 Å². The lowest BCUT2D eigenvalue weighted by molar-refractivity contribution is 0.0998. The number of fused-ring (bicyclic) bond motifs is 1. The Morgan fingerprint density at radius 1 is 1.45 bits per heavy atom. The highest BCUT2D eigenvalue weighted by Gasteiger charge is 2.27.